The molecule has 8 nitrogen and oxygen atoms in total. The first-order valence-corrected chi connectivity index (χ1v) is 21.9. The molecule has 4 heterocycles. The summed E-state index contributed by atoms with van der Waals surface area (Å²) in [5.41, 5.74) is 11.8. The van der Waals surface area contributed by atoms with Gasteiger partial charge in [0.25, 0.3) is 0 Å². The van der Waals surface area contributed by atoms with Gasteiger partial charge in [-0.05, 0) is 98.5 Å². The van der Waals surface area contributed by atoms with Crippen molar-refractivity contribution in [3.63, 3.8) is 0 Å². The van der Waals surface area contributed by atoms with Gasteiger partial charge < -0.3 is 9.84 Å². The fraction of sp³-hybridized carbons (Fsp3) is 0.291. The number of para-hydroxylation sites is 2. The predicted molar refractivity (Wildman–Crippen MR) is 258 cm³/mol. The number of rotatable bonds is 6. The highest BCUT2D eigenvalue weighted by atomic mass is 16.5. The molecule has 0 saturated heterocycles. The second kappa shape index (κ2) is 14.7. The second-order valence-corrected chi connectivity index (χ2v) is 21.0. The molecule has 0 aliphatic rings. The van der Waals surface area contributed by atoms with E-state index in [0.29, 0.717) is 23.0 Å². The summed E-state index contributed by atoms with van der Waals surface area (Å²) in [5, 5.41) is 12.1. The normalized spacial score (nSPS) is 12.8. The van der Waals surface area contributed by atoms with Crippen LogP contribution in [0.2, 0.25) is 0 Å². The van der Waals surface area contributed by atoms with Crippen molar-refractivity contribution in [2.45, 2.75) is 105 Å². The fourth-order valence-electron chi connectivity index (χ4n) is 8.42. The number of aromatic nitrogens is 6. The van der Waals surface area contributed by atoms with Gasteiger partial charge in [-0.25, -0.2) is 9.97 Å². The summed E-state index contributed by atoms with van der Waals surface area (Å²) in [4.78, 5) is 15.3. The van der Waals surface area contributed by atoms with Crippen molar-refractivity contribution in [3.05, 3.63) is 150 Å². The third kappa shape index (κ3) is 7.55. The van der Waals surface area contributed by atoms with E-state index in [4.69, 9.17) is 19.7 Å². The Morgan fingerprint density at radius 2 is 1.22 bits per heavy atom. The van der Waals surface area contributed by atoms with E-state index in [9.17, 15) is 5.11 Å². The van der Waals surface area contributed by atoms with Crippen molar-refractivity contribution >= 4 is 27.8 Å². The number of hydrogen-bond acceptors (Lipinski definition) is 5. The number of aromatic hydroxyl groups is 1. The number of phenolic OH excluding ortho intramolecular Hbond substituents is 1. The Labute approximate surface area is 370 Å². The van der Waals surface area contributed by atoms with Crippen molar-refractivity contribution in [3.8, 4) is 51.4 Å². The summed E-state index contributed by atoms with van der Waals surface area (Å²) >= 11 is 0. The van der Waals surface area contributed by atoms with Crippen LogP contribution in [0.4, 0.5) is 0 Å². The van der Waals surface area contributed by atoms with Crippen LogP contribution in [0.15, 0.2) is 128 Å². The number of pyridine rings is 1. The van der Waals surface area contributed by atoms with Gasteiger partial charge >= 0.3 is 6.01 Å². The molecule has 9 aromatic rings. The van der Waals surface area contributed by atoms with Gasteiger partial charge in [0.1, 0.15) is 17.3 Å². The lowest BCUT2D eigenvalue weighted by molar-refractivity contribution is 0.435. The highest BCUT2D eigenvalue weighted by molar-refractivity contribution is 5.92. The third-order valence-electron chi connectivity index (χ3n) is 12.2. The highest BCUT2D eigenvalue weighted by Gasteiger charge is 2.29. The Balaban J connectivity index is 1.29. The SMILES string of the molecule is CC(C)(C)c1ccnc(-n2c3cc(Oc4nc(-c5cc(C(C)(C)C)cc(C(C)(C)C)c5O)cn4-c4ccc(C(C)(C)C)cc4-c4ccccc4)ccc3n3c4ccccc4nc23)c1. The van der Waals surface area contributed by atoms with Crippen LogP contribution in [0.3, 0.4) is 0 Å². The van der Waals surface area contributed by atoms with E-state index in [1.165, 1.54) is 11.1 Å². The first-order valence-electron chi connectivity index (χ1n) is 21.9. The number of fused-ring (bicyclic) bond motifs is 5. The van der Waals surface area contributed by atoms with E-state index in [1.807, 2.05) is 47.3 Å². The second-order valence-electron chi connectivity index (χ2n) is 21.0. The minimum Gasteiger partial charge on any atom is -0.507 e. The van der Waals surface area contributed by atoms with Gasteiger partial charge in [-0.15, -0.1) is 0 Å². The number of nitrogens with zero attached hydrogens (tertiary/aromatic N) is 6. The van der Waals surface area contributed by atoms with Crippen molar-refractivity contribution in [2.24, 2.45) is 0 Å². The van der Waals surface area contributed by atoms with Gasteiger partial charge in [-0.2, -0.15) is 4.98 Å². The maximum absolute atomic E-state index is 12.1. The Morgan fingerprint density at radius 3 is 1.92 bits per heavy atom. The topological polar surface area (TPSA) is 82.4 Å². The molecule has 320 valence electrons. The molecule has 0 aliphatic carbocycles. The van der Waals surface area contributed by atoms with Crippen molar-refractivity contribution in [1.82, 2.24) is 28.5 Å². The van der Waals surface area contributed by atoms with Crippen LogP contribution in [-0.2, 0) is 21.7 Å². The number of phenols is 1. The molecule has 0 bridgehead atoms. The summed E-state index contributed by atoms with van der Waals surface area (Å²) in [6, 6.07) is 40.3. The van der Waals surface area contributed by atoms with Gasteiger partial charge in [0, 0.05) is 35.2 Å². The monoisotopic (exact) mass is 834 g/mol. The van der Waals surface area contributed by atoms with Crippen LogP contribution >= 0.6 is 0 Å². The molecule has 0 radical (unpaired) electrons. The van der Waals surface area contributed by atoms with Crippen molar-refractivity contribution < 1.29 is 9.84 Å². The molecular weight excluding hydrogens is 777 g/mol. The molecule has 0 unspecified atom stereocenters. The van der Waals surface area contributed by atoms with Crippen molar-refractivity contribution in [1.29, 1.82) is 0 Å². The van der Waals surface area contributed by atoms with Crippen LogP contribution < -0.4 is 4.74 Å². The third-order valence-corrected chi connectivity index (χ3v) is 12.2. The molecule has 0 spiro atoms. The van der Waals surface area contributed by atoms with Gasteiger partial charge in [-0.3, -0.25) is 13.5 Å². The van der Waals surface area contributed by atoms with Crippen LogP contribution in [0, 0.1) is 0 Å². The molecule has 5 aromatic carbocycles. The minimum atomic E-state index is -0.318. The molecule has 0 fully saturated rings. The average Bonchev–Trinajstić information content (AvgIpc) is 3.90. The van der Waals surface area contributed by atoms with E-state index in [1.54, 1.807) is 0 Å². The Kier molecular flexibility index (Phi) is 9.74. The Bertz CT molecular complexity index is 3190. The van der Waals surface area contributed by atoms with Gasteiger partial charge in [0.05, 0.1) is 33.4 Å². The molecule has 9 rings (SSSR count). The molecule has 0 atom stereocenters. The van der Waals surface area contributed by atoms with E-state index >= 15 is 0 Å². The lowest BCUT2D eigenvalue weighted by Gasteiger charge is -2.27. The quantitative estimate of drug-likeness (QED) is 0.180. The molecule has 1 N–H and O–H groups in total. The minimum absolute atomic E-state index is 0.0826. The first kappa shape index (κ1) is 41.7. The highest BCUT2D eigenvalue weighted by Crippen LogP contribution is 2.44. The van der Waals surface area contributed by atoms with Crippen LogP contribution in [0.1, 0.15) is 105 Å². The molecule has 0 saturated carbocycles. The van der Waals surface area contributed by atoms with Crippen molar-refractivity contribution in [2.75, 3.05) is 0 Å². The van der Waals surface area contributed by atoms with Gasteiger partial charge in [-0.1, -0.05) is 138 Å². The zero-order valence-electron chi connectivity index (χ0n) is 38.7. The predicted octanol–water partition coefficient (Wildman–Crippen LogP) is 14.0. The standard InChI is InChI=1S/C55H58N6O2/c1-52(2,3)35-22-24-44(39(28-35)34-18-14-13-15-19-34)59-33-43(40-29-37(54(7,8)9)30-41(49(40)62)55(10,11)12)58-51(59)63-38-23-25-46-47(32-38)61(48-31-36(26-27-56-48)53(4,5)6)50-57-42-20-16-17-21-45(42)60(46)50/h13-33,62H,1-12H3. The molecule has 0 amide bonds. The number of ether oxygens (including phenoxy) is 1. The maximum atomic E-state index is 12.1. The van der Waals surface area contributed by atoms with Gasteiger partial charge in [0.2, 0.25) is 5.78 Å². The van der Waals surface area contributed by atoms with Crippen LogP contribution in [0.5, 0.6) is 17.5 Å². The fourth-order valence-corrected chi connectivity index (χ4v) is 8.42. The van der Waals surface area contributed by atoms with Crippen LogP contribution in [0.25, 0.3) is 61.7 Å². The van der Waals surface area contributed by atoms with Crippen LogP contribution in [-0.4, -0.2) is 33.6 Å². The lowest BCUT2D eigenvalue weighted by atomic mass is 9.78. The van der Waals surface area contributed by atoms with E-state index < -0.39 is 0 Å². The first-order chi connectivity index (χ1) is 29.7. The largest absolute Gasteiger partial charge is 0.507 e. The van der Waals surface area contributed by atoms with E-state index in [0.717, 1.165) is 61.6 Å². The summed E-state index contributed by atoms with van der Waals surface area (Å²) in [7, 11) is 0. The smallest absolute Gasteiger partial charge is 0.307 e. The molecule has 0 aliphatic heterocycles. The molecule has 63 heavy (non-hydrogen) atoms. The molecule has 4 aromatic heterocycles. The van der Waals surface area contributed by atoms with E-state index in [2.05, 4.69) is 177 Å². The number of hydrogen-bond donors (Lipinski definition) is 1. The Morgan fingerprint density at radius 1 is 0.556 bits per heavy atom. The maximum Gasteiger partial charge on any atom is 0.307 e. The summed E-state index contributed by atoms with van der Waals surface area (Å²) in [5.74, 6) is 2.35. The number of benzene rings is 5. The summed E-state index contributed by atoms with van der Waals surface area (Å²) in [6.45, 7) is 26.4. The zero-order chi connectivity index (χ0) is 44.8. The summed E-state index contributed by atoms with van der Waals surface area (Å²) < 4.78 is 13.4. The van der Waals surface area contributed by atoms with Gasteiger partial charge in [0.15, 0.2) is 0 Å². The average molecular weight is 835 g/mol. The Hall–Kier alpha value is -6.67. The lowest BCUT2D eigenvalue weighted by Crippen LogP contribution is -2.17. The molecule has 8 heteroatoms. The molecular formula is C55H58N6O2. The summed E-state index contributed by atoms with van der Waals surface area (Å²) in [6.07, 6.45) is 3.88. The zero-order valence-corrected chi connectivity index (χ0v) is 38.7. The number of imidazole rings is 3. The van der Waals surface area contributed by atoms with E-state index in [-0.39, 0.29) is 27.4 Å².